The Balaban J connectivity index is 1.99. The zero-order chi connectivity index (χ0) is 12.3. The van der Waals surface area contributed by atoms with E-state index in [4.69, 9.17) is 0 Å². The van der Waals surface area contributed by atoms with Gasteiger partial charge < -0.3 is 10.2 Å². The van der Waals surface area contributed by atoms with Crippen LogP contribution in [0.3, 0.4) is 0 Å². The Morgan fingerprint density at radius 2 is 1.94 bits per heavy atom. The van der Waals surface area contributed by atoms with Crippen molar-refractivity contribution in [3.05, 3.63) is 29.8 Å². The average molecular weight is 232 g/mol. The number of hydrogen-bond acceptors (Lipinski definition) is 2. The number of amides is 1. The van der Waals surface area contributed by atoms with E-state index in [0.29, 0.717) is 0 Å². The van der Waals surface area contributed by atoms with Gasteiger partial charge in [-0.2, -0.15) is 0 Å². The van der Waals surface area contributed by atoms with Gasteiger partial charge in [-0.15, -0.1) is 0 Å². The zero-order valence-electron chi connectivity index (χ0n) is 10.6. The summed E-state index contributed by atoms with van der Waals surface area (Å²) in [5.74, 6) is 0.214. The van der Waals surface area contributed by atoms with Gasteiger partial charge in [0, 0.05) is 18.8 Å². The fourth-order valence-corrected chi connectivity index (χ4v) is 2.24. The van der Waals surface area contributed by atoms with Crippen molar-refractivity contribution in [2.45, 2.75) is 32.7 Å². The minimum atomic E-state index is -0.144. The van der Waals surface area contributed by atoms with E-state index in [0.717, 1.165) is 31.6 Å². The fourth-order valence-electron chi connectivity index (χ4n) is 2.24. The monoisotopic (exact) mass is 232 g/mol. The molecule has 0 aromatic heterocycles. The molecular weight excluding hydrogens is 212 g/mol. The zero-order valence-corrected chi connectivity index (χ0v) is 10.6. The summed E-state index contributed by atoms with van der Waals surface area (Å²) in [6.07, 6.45) is 2.28. The lowest BCUT2D eigenvalue weighted by atomic mass is 10.2. The Labute approximate surface area is 103 Å². The summed E-state index contributed by atoms with van der Waals surface area (Å²) in [5, 5.41) is 3.30. The predicted molar refractivity (Wildman–Crippen MR) is 70.1 cm³/mol. The van der Waals surface area contributed by atoms with Crippen LogP contribution in [-0.2, 0) is 4.79 Å². The molecule has 1 aromatic rings. The van der Waals surface area contributed by atoms with Gasteiger partial charge in [0.2, 0.25) is 5.91 Å². The van der Waals surface area contributed by atoms with E-state index in [1.54, 1.807) is 0 Å². The molecule has 0 bridgehead atoms. The van der Waals surface area contributed by atoms with Crippen molar-refractivity contribution in [2.75, 3.05) is 18.4 Å². The van der Waals surface area contributed by atoms with Crippen LogP contribution in [0.1, 0.15) is 25.3 Å². The first-order chi connectivity index (χ1) is 8.18. The van der Waals surface area contributed by atoms with Crippen molar-refractivity contribution in [2.24, 2.45) is 0 Å². The van der Waals surface area contributed by atoms with Crippen LogP contribution in [0.15, 0.2) is 24.3 Å². The second kappa shape index (κ2) is 5.21. The van der Waals surface area contributed by atoms with E-state index >= 15 is 0 Å². The molecule has 1 aromatic carbocycles. The number of likely N-dealkylation sites (tertiary alicyclic amines) is 1. The average Bonchev–Trinajstić information content (AvgIpc) is 2.84. The number of anilines is 1. The Kier molecular flexibility index (Phi) is 3.67. The van der Waals surface area contributed by atoms with Crippen LogP contribution in [0, 0.1) is 6.92 Å². The number of hydrogen-bond donors (Lipinski definition) is 1. The first kappa shape index (κ1) is 12.0. The Bertz CT molecular complexity index is 397. The van der Waals surface area contributed by atoms with Gasteiger partial charge in [-0.3, -0.25) is 4.79 Å². The molecule has 1 N–H and O–H groups in total. The second-order valence-electron chi connectivity index (χ2n) is 4.71. The maximum absolute atomic E-state index is 12.1. The molecule has 3 nitrogen and oxygen atoms in total. The first-order valence-electron chi connectivity index (χ1n) is 6.29. The number of para-hydroxylation sites is 1. The smallest absolute Gasteiger partial charge is 0.244 e. The molecule has 1 saturated heterocycles. The largest absolute Gasteiger partial charge is 0.374 e. The number of aryl methyl sites for hydroxylation is 1. The van der Waals surface area contributed by atoms with Crippen LogP contribution in [0.2, 0.25) is 0 Å². The molecule has 92 valence electrons. The van der Waals surface area contributed by atoms with Crippen LogP contribution >= 0.6 is 0 Å². The van der Waals surface area contributed by atoms with Gasteiger partial charge in [-0.1, -0.05) is 18.2 Å². The van der Waals surface area contributed by atoms with Crippen molar-refractivity contribution >= 4 is 11.6 Å². The van der Waals surface area contributed by atoms with Crippen molar-refractivity contribution in [3.8, 4) is 0 Å². The minimum absolute atomic E-state index is 0.144. The summed E-state index contributed by atoms with van der Waals surface area (Å²) in [7, 11) is 0. The van der Waals surface area contributed by atoms with E-state index in [2.05, 4.69) is 18.3 Å². The van der Waals surface area contributed by atoms with Crippen molar-refractivity contribution in [1.82, 2.24) is 4.90 Å². The molecule has 1 aliphatic heterocycles. The van der Waals surface area contributed by atoms with E-state index in [9.17, 15) is 4.79 Å². The third-order valence-electron chi connectivity index (χ3n) is 3.31. The number of nitrogens with one attached hydrogen (secondary N) is 1. The Morgan fingerprint density at radius 3 is 2.59 bits per heavy atom. The van der Waals surface area contributed by atoms with Crippen LogP contribution in [-0.4, -0.2) is 29.9 Å². The summed E-state index contributed by atoms with van der Waals surface area (Å²) >= 11 is 0. The first-order valence-corrected chi connectivity index (χ1v) is 6.29. The lowest BCUT2D eigenvalue weighted by Crippen LogP contribution is -2.39. The molecule has 0 radical (unpaired) electrons. The van der Waals surface area contributed by atoms with Gasteiger partial charge in [0.05, 0.1) is 0 Å². The summed E-state index contributed by atoms with van der Waals surface area (Å²) in [5.41, 5.74) is 2.22. The van der Waals surface area contributed by atoms with Gasteiger partial charge in [0.25, 0.3) is 0 Å². The Hall–Kier alpha value is -1.51. The molecule has 0 spiro atoms. The predicted octanol–water partition coefficient (Wildman–Crippen LogP) is 2.42. The van der Waals surface area contributed by atoms with Gasteiger partial charge in [0.15, 0.2) is 0 Å². The summed E-state index contributed by atoms with van der Waals surface area (Å²) < 4.78 is 0. The summed E-state index contributed by atoms with van der Waals surface area (Å²) in [4.78, 5) is 14.1. The molecule has 17 heavy (non-hydrogen) atoms. The van der Waals surface area contributed by atoms with E-state index < -0.39 is 0 Å². The maximum Gasteiger partial charge on any atom is 0.244 e. The highest BCUT2D eigenvalue weighted by Gasteiger charge is 2.23. The van der Waals surface area contributed by atoms with E-state index in [1.165, 1.54) is 5.56 Å². The third kappa shape index (κ3) is 2.78. The van der Waals surface area contributed by atoms with Gasteiger partial charge in [-0.25, -0.2) is 0 Å². The number of nitrogens with zero attached hydrogens (tertiary/aromatic N) is 1. The third-order valence-corrected chi connectivity index (χ3v) is 3.31. The maximum atomic E-state index is 12.1. The highest BCUT2D eigenvalue weighted by atomic mass is 16.2. The lowest BCUT2D eigenvalue weighted by Gasteiger charge is -2.22. The van der Waals surface area contributed by atoms with Crippen molar-refractivity contribution in [3.63, 3.8) is 0 Å². The van der Waals surface area contributed by atoms with Crippen LogP contribution in [0.25, 0.3) is 0 Å². The molecule has 1 heterocycles. The van der Waals surface area contributed by atoms with Crippen molar-refractivity contribution < 1.29 is 4.79 Å². The van der Waals surface area contributed by atoms with Crippen LogP contribution < -0.4 is 5.32 Å². The quantitative estimate of drug-likeness (QED) is 0.868. The molecule has 1 aliphatic rings. The topological polar surface area (TPSA) is 32.3 Å². The second-order valence-corrected chi connectivity index (χ2v) is 4.71. The van der Waals surface area contributed by atoms with Crippen LogP contribution in [0.4, 0.5) is 5.69 Å². The number of carbonyl (C=O) groups is 1. The molecule has 1 fully saturated rings. The van der Waals surface area contributed by atoms with E-state index in [-0.39, 0.29) is 11.9 Å². The highest BCUT2D eigenvalue weighted by molar-refractivity contribution is 5.84. The summed E-state index contributed by atoms with van der Waals surface area (Å²) in [6.45, 7) is 5.82. The SMILES string of the molecule is Cc1ccccc1NC(C)C(=O)N1CCCC1. The summed E-state index contributed by atoms with van der Waals surface area (Å²) in [6, 6.07) is 7.92. The number of benzene rings is 1. The normalized spacial score (nSPS) is 16.9. The lowest BCUT2D eigenvalue weighted by molar-refractivity contribution is -0.130. The molecule has 1 atom stereocenters. The molecule has 1 unspecified atom stereocenters. The highest BCUT2D eigenvalue weighted by Crippen LogP contribution is 2.16. The fraction of sp³-hybridized carbons (Fsp3) is 0.500. The number of carbonyl (C=O) groups excluding carboxylic acids is 1. The van der Waals surface area contributed by atoms with Crippen molar-refractivity contribution in [1.29, 1.82) is 0 Å². The molecule has 1 amide bonds. The molecule has 0 aliphatic carbocycles. The standard InChI is InChI=1S/C14H20N2O/c1-11-7-3-4-8-13(11)15-12(2)14(17)16-9-5-6-10-16/h3-4,7-8,12,15H,5-6,9-10H2,1-2H3. The Morgan fingerprint density at radius 1 is 1.29 bits per heavy atom. The number of rotatable bonds is 3. The van der Waals surface area contributed by atoms with Gasteiger partial charge >= 0.3 is 0 Å². The molecule has 0 saturated carbocycles. The van der Waals surface area contributed by atoms with Gasteiger partial charge in [0.1, 0.15) is 6.04 Å². The van der Waals surface area contributed by atoms with Gasteiger partial charge in [-0.05, 0) is 38.3 Å². The van der Waals surface area contributed by atoms with Crippen LogP contribution in [0.5, 0.6) is 0 Å². The van der Waals surface area contributed by atoms with E-state index in [1.807, 2.05) is 30.0 Å². The molecule has 2 rings (SSSR count). The molecule has 3 heteroatoms. The molecular formula is C14H20N2O. The minimum Gasteiger partial charge on any atom is -0.374 e.